The van der Waals surface area contributed by atoms with Crippen LogP contribution in [0.25, 0.3) is 0 Å². The van der Waals surface area contributed by atoms with Gasteiger partial charge in [0.1, 0.15) is 0 Å². The SMILES string of the molecule is CCC(C)CNCC1CCCN1CCOC. The average Bonchev–Trinajstić information content (AvgIpc) is 2.73. The van der Waals surface area contributed by atoms with E-state index in [1.165, 1.54) is 25.8 Å². The summed E-state index contributed by atoms with van der Waals surface area (Å²) in [4.78, 5) is 2.56. The first-order chi connectivity index (χ1) is 7.77. The predicted molar refractivity (Wildman–Crippen MR) is 68.8 cm³/mol. The zero-order valence-electron chi connectivity index (χ0n) is 11.2. The number of nitrogens with one attached hydrogen (secondary N) is 1. The molecular formula is C13H28N2O. The molecule has 1 aliphatic heterocycles. The standard InChI is InChI=1S/C13H28N2O/c1-4-12(2)10-14-11-13-6-5-7-15(13)8-9-16-3/h12-14H,4-11H2,1-3H3. The van der Waals surface area contributed by atoms with E-state index >= 15 is 0 Å². The molecule has 1 fully saturated rings. The van der Waals surface area contributed by atoms with Crippen LogP contribution in [0.4, 0.5) is 0 Å². The van der Waals surface area contributed by atoms with Crippen molar-refractivity contribution in [1.82, 2.24) is 10.2 Å². The first kappa shape index (κ1) is 13.9. The van der Waals surface area contributed by atoms with Crippen LogP contribution in [0.1, 0.15) is 33.1 Å². The molecule has 1 heterocycles. The van der Waals surface area contributed by atoms with E-state index in [1.54, 1.807) is 7.11 Å². The highest BCUT2D eigenvalue weighted by Crippen LogP contribution is 2.15. The highest BCUT2D eigenvalue weighted by molar-refractivity contribution is 4.80. The van der Waals surface area contributed by atoms with Crippen LogP contribution in [0, 0.1) is 5.92 Å². The summed E-state index contributed by atoms with van der Waals surface area (Å²) < 4.78 is 5.15. The molecule has 3 heteroatoms. The maximum atomic E-state index is 5.15. The van der Waals surface area contributed by atoms with Gasteiger partial charge in [-0.1, -0.05) is 20.3 Å². The molecule has 0 radical (unpaired) electrons. The van der Waals surface area contributed by atoms with Gasteiger partial charge in [-0.15, -0.1) is 0 Å². The van der Waals surface area contributed by atoms with E-state index in [4.69, 9.17) is 4.74 Å². The Hall–Kier alpha value is -0.120. The summed E-state index contributed by atoms with van der Waals surface area (Å²) >= 11 is 0. The Kier molecular flexibility index (Phi) is 7.01. The van der Waals surface area contributed by atoms with Crippen molar-refractivity contribution in [1.29, 1.82) is 0 Å². The molecule has 16 heavy (non-hydrogen) atoms. The lowest BCUT2D eigenvalue weighted by Gasteiger charge is -2.24. The molecule has 0 aromatic rings. The second-order valence-corrected chi connectivity index (χ2v) is 5.00. The lowest BCUT2D eigenvalue weighted by atomic mass is 10.1. The third-order valence-electron chi connectivity index (χ3n) is 3.65. The average molecular weight is 228 g/mol. The first-order valence-electron chi connectivity index (χ1n) is 6.71. The van der Waals surface area contributed by atoms with Gasteiger partial charge in [0.25, 0.3) is 0 Å². The van der Waals surface area contributed by atoms with Gasteiger partial charge >= 0.3 is 0 Å². The summed E-state index contributed by atoms with van der Waals surface area (Å²) in [6, 6.07) is 0.735. The Labute approximate surface area is 101 Å². The second-order valence-electron chi connectivity index (χ2n) is 5.00. The summed E-state index contributed by atoms with van der Waals surface area (Å²) in [6.07, 6.45) is 3.96. The summed E-state index contributed by atoms with van der Waals surface area (Å²) in [5.74, 6) is 0.800. The van der Waals surface area contributed by atoms with Gasteiger partial charge < -0.3 is 10.1 Å². The topological polar surface area (TPSA) is 24.5 Å². The van der Waals surface area contributed by atoms with Gasteiger partial charge in [-0.25, -0.2) is 0 Å². The van der Waals surface area contributed by atoms with Crippen molar-refractivity contribution in [3.8, 4) is 0 Å². The molecule has 2 atom stereocenters. The highest BCUT2D eigenvalue weighted by atomic mass is 16.5. The van der Waals surface area contributed by atoms with Crippen molar-refractivity contribution in [2.45, 2.75) is 39.2 Å². The molecule has 0 saturated carbocycles. The molecule has 1 N–H and O–H groups in total. The van der Waals surface area contributed by atoms with Crippen LogP contribution in [0.15, 0.2) is 0 Å². The molecule has 96 valence electrons. The van der Waals surface area contributed by atoms with Crippen LogP contribution in [-0.2, 0) is 4.74 Å². The van der Waals surface area contributed by atoms with E-state index < -0.39 is 0 Å². The summed E-state index contributed by atoms with van der Waals surface area (Å²) in [6.45, 7) is 10.1. The molecule has 0 aliphatic carbocycles. The summed E-state index contributed by atoms with van der Waals surface area (Å²) in [5, 5.41) is 3.60. The zero-order chi connectivity index (χ0) is 11.8. The van der Waals surface area contributed by atoms with Crippen molar-refractivity contribution in [3.05, 3.63) is 0 Å². The maximum Gasteiger partial charge on any atom is 0.0589 e. The van der Waals surface area contributed by atoms with Crippen molar-refractivity contribution < 1.29 is 4.74 Å². The quantitative estimate of drug-likeness (QED) is 0.685. The minimum Gasteiger partial charge on any atom is -0.383 e. The second kappa shape index (κ2) is 8.04. The molecular weight excluding hydrogens is 200 g/mol. The van der Waals surface area contributed by atoms with Crippen LogP contribution >= 0.6 is 0 Å². The van der Waals surface area contributed by atoms with Gasteiger partial charge in [0.2, 0.25) is 0 Å². The fourth-order valence-electron chi connectivity index (χ4n) is 2.27. The Morgan fingerprint density at radius 2 is 2.31 bits per heavy atom. The molecule has 1 aliphatic rings. The van der Waals surface area contributed by atoms with E-state index in [0.717, 1.165) is 38.2 Å². The maximum absolute atomic E-state index is 5.15. The van der Waals surface area contributed by atoms with E-state index in [1.807, 2.05) is 0 Å². The van der Waals surface area contributed by atoms with Crippen molar-refractivity contribution in [2.24, 2.45) is 5.92 Å². The number of nitrogens with zero attached hydrogens (tertiary/aromatic N) is 1. The normalized spacial score (nSPS) is 23.8. The lowest BCUT2D eigenvalue weighted by molar-refractivity contribution is 0.140. The van der Waals surface area contributed by atoms with Crippen LogP contribution < -0.4 is 5.32 Å². The predicted octanol–water partition coefficient (Wildman–Crippen LogP) is 1.73. The fourth-order valence-corrected chi connectivity index (χ4v) is 2.27. The Balaban J connectivity index is 2.14. The Bertz CT molecular complexity index is 175. The largest absolute Gasteiger partial charge is 0.383 e. The van der Waals surface area contributed by atoms with Crippen molar-refractivity contribution in [3.63, 3.8) is 0 Å². The molecule has 0 aromatic heterocycles. The fraction of sp³-hybridized carbons (Fsp3) is 1.00. The minimum absolute atomic E-state index is 0.735. The van der Waals surface area contributed by atoms with E-state index in [0.29, 0.717) is 0 Å². The number of hydrogen-bond donors (Lipinski definition) is 1. The van der Waals surface area contributed by atoms with Gasteiger partial charge in [-0.3, -0.25) is 4.90 Å². The molecule has 0 amide bonds. The smallest absolute Gasteiger partial charge is 0.0589 e. The number of methoxy groups -OCH3 is 1. The van der Waals surface area contributed by atoms with E-state index in [9.17, 15) is 0 Å². The van der Waals surface area contributed by atoms with Crippen molar-refractivity contribution >= 4 is 0 Å². The van der Waals surface area contributed by atoms with Crippen LogP contribution in [0.3, 0.4) is 0 Å². The van der Waals surface area contributed by atoms with Crippen LogP contribution in [0.2, 0.25) is 0 Å². The minimum atomic E-state index is 0.735. The third-order valence-corrected chi connectivity index (χ3v) is 3.65. The number of ether oxygens (including phenoxy) is 1. The van der Waals surface area contributed by atoms with Gasteiger partial charge in [0, 0.05) is 26.2 Å². The van der Waals surface area contributed by atoms with Gasteiger partial charge in [-0.2, -0.15) is 0 Å². The Morgan fingerprint density at radius 3 is 3.00 bits per heavy atom. The lowest BCUT2D eigenvalue weighted by Crippen LogP contribution is -2.40. The summed E-state index contributed by atoms with van der Waals surface area (Å²) in [5.41, 5.74) is 0. The monoisotopic (exact) mass is 228 g/mol. The summed E-state index contributed by atoms with van der Waals surface area (Å²) in [7, 11) is 1.78. The van der Waals surface area contributed by atoms with Gasteiger partial charge in [0.15, 0.2) is 0 Å². The zero-order valence-corrected chi connectivity index (χ0v) is 11.2. The highest BCUT2D eigenvalue weighted by Gasteiger charge is 2.23. The van der Waals surface area contributed by atoms with Crippen LogP contribution in [-0.4, -0.2) is 50.8 Å². The van der Waals surface area contributed by atoms with E-state index in [-0.39, 0.29) is 0 Å². The number of rotatable bonds is 8. The Morgan fingerprint density at radius 1 is 1.50 bits per heavy atom. The number of hydrogen-bond acceptors (Lipinski definition) is 3. The molecule has 1 rings (SSSR count). The van der Waals surface area contributed by atoms with Gasteiger partial charge in [-0.05, 0) is 31.8 Å². The molecule has 2 unspecified atom stereocenters. The van der Waals surface area contributed by atoms with Crippen LogP contribution in [0.5, 0.6) is 0 Å². The third kappa shape index (κ3) is 4.81. The van der Waals surface area contributed by atoms with Crippen molar-refractivity contribution in [2.75, 3.05) is 39.9 Å². The van der Waals surface area contributed by atoms with E-state index in [2.05, 4.69) is 24.1 Å². The molecule has 3 nitrogen and oxygen atoms in total. The molecule has 0 spiro atoms. The molecule has 0 bridgehead atoms. The van der Waals surface area contributed by atoms with Gasteiger partial charge in [0.05, 0.1) is 6.61 Å². The first-order valence-corrected chi connectivity index (χ1v) is 6.71. The molecule has 1 saturated heterocycles. The number of likely N-dealkylation sites (tertiary alicyclic amines) is 1. The molecule has 0 aromatic carbocycles.